The van der Waals surface area contributed by atoms with Crippen LogP contribution in [-0.2, 0) is 6.42 Å². The molecule has 0 aromatic carbocycles. The van der Waals surface area contributed by atoms with E-state index in [2.05, 4.69) is 17.2 Å². The largest absolute Gasteiger partial charge is 0.244 e. The van der Waals surface area contributed by atoms with E-state index in [1.165, 1.54) is 0 Å². The van der Waals surface area contributed by atoms with E-state index in [9.17, 15) is 0 Å². The van der Waals surface area contributed by atoms with Crippen molar-refractivity contribution in [1.29, 1.82) is 0 Å². The summed E-state index contributed by atoms with van der Waals surface area (Å²) in [5, 5.41) is 2.19. The van der Waals surface area contributed by atoms with Gasteiger partial charge in [-0.15, -0.1) is 0 Å². The summed E-state index contributed by atoms with van der Waals surface area (Å²) in [7, 11) is 0. The van der Waals surface area contributed by atoms with Gasteiger partial charge in [0.15, 0.2) is 0 Å². The minimum atomic E-state index is 0.521. The number of thiocarbonyl (C=S) groups is 1. The van der Waals surface area contributed by atoms with Crippen molar-refractivity contribution in [3.8, 4) is 0 Å². The van der Waals surface area contributed by atoms with E-state index >= 15 is 0 Å². The van der Waals surface area contributed by atoms with Gasteiger partial charge in [0, 0.05) is 12.6 Å². The predicted molar refractivity (Wildman–Crippen MR) is 46.6 cm³/mol. The van der Waals surface area contributed by atoms with Crippen LogP contribution in [0.5, 0.6) is 0 Å². The average Bonchev–Trinajstić information content (AvgIpc) is 1.95. The predicted octanol–water partition coefficient (Wildman–Crippen LogP) is 2.28. The fourth-order valence-corrected chi connectivity index (χ4v) is 0.928. The fraction of sp³-hybridized carbons (Fsp3) is 0.143. The number of hydrogen-bond acceptors (Lipinski definition) is 2. The third-order valence-corrected chi connectivity index (χ3v) is 1.50. The molecule has 0 saturated heterocycles. The lowest BCUT2D eigenvalue weighted by Gasteiger charge is -1.92. The van der Waals surface area contributed by atoms with E-state index in [0.717, 1.165) is 12.0 Å². The second-order valence-electron chi connectivity index (χ2n) is 1.86. The summed E-state index contributed by atoms with van der Waals surface area (Å²) in [6.45, 7) is 0. The summed E-state index contributed by atoms with van der Waals surface area (Å²) in [6.07, 6.45) is 2.50. The molecule has 10 heavy (non-hydrogen) atoms. The number of aromatic nitrogens is 1. The fourth-order valence-electron chi connectivity index (χ4n) is 0.623. The second-order valence-corrected chi connectivity index (χ2v) is 2.58. The molecule has 0 aliphatic heterocycles. The number of nitrogens with zero attached hydrogens (tertiary/aromatic N) is 1. The Morgan fingerprint density at radius 1 is 1.60 bits per heavy atom. The van der Waals surface area contributed by atoms with Crippen LogP contribution in [0.3, 0.4) is 0 Å². The molecule has 1 heterocycles. The highest BCUT2D eigenvalue weighted by Gasteiger charge is 1.89. The van der Waals surface area contributed by atoms with Crippen molar-refractivity contribution in [2.45, 2.75) is 6.42 Å². The standard InChI is InChI=1S/C7H6ClNS/c8-7-2-1-6(3-4-10)5-9-7/h1-2,4-5H,3H2. The zero-order valence-corrected chi connectivity index (χ0v) is 6.82. The summed E-state index contributed by atoms with van der Waals surface area (Å²) >= 11 is 10.2. The molecule has 0 atom stereocenters. The van der Waals surface area contributed by atoms with Gasteiger partial charge in [-0.25, -0.2) is 4.98 Å². The SMILES string of the molecule is S=CCc1ccc(Cl)nc1. The monoisotopic (exact) mass is 171 g/mol. The number of hydrogen-bond donors (Lipinski definition) is 0. The van der Waals surface area contributed by atoms with Gasteiger partial charge < -0.3 is 0 Å². The van der Waals surface area contributed by atoms with Crippen LogP contribution >= 0.6 is 23.8 Å². The third kappa shape index (κ3) is 2.05. The maximum atomic E-state index is 5.56. The molecule has 0 N–H and O–H groups in total. The Morgan fingerprint density at radius 2 is 2.40 bits per heavy atom. The van der Waals surface area contributed by atoms with Crippen molar-refractivity contribution in [2.75, 3.05) is 0 Å². The van der Waals surface area contributed by atoms with E-state index in [0.29, 0.717) is 5.15 Å². The maximum absolute atomic E-state index is 5.56. The van der Waals surface area contributed by atoms with Crippen molar-refractivity contribution in [3.05, 3.63) is 29.0 Å². The molecule has 0 unspecified atom stereocenters. The van der Waals surface area contributed by atoms with Crippen molar-refractivity contribution in [3.63, 3.8) is 0 Å². The summed E-state index contributed by atoms with van der Waals surface area (Å²) in [4.78, 5) is 3.90. The molecule has 0 fully saturated rings. The maximum Gasteiger partial charge on any atom is 0.129 e. The molecule has 3 heteroatoms. The van der Waals surface area contributed by atoms with Gasteiger partial charge in [-0.3, -0.25) is 0 Å². The van der Waals surface area contributed by atoms with E-state index in [4.69, 9.17) is 11.6 Å². The zero-order valence-electron chi connectivity index (χ0n) is 5.25. The Morgan fingerprint density at radius 3 is 2.90 bits per heavy atom. The lowest BCUT2D eigenvalue weighted by molar-refractivity contribution is 1.24. The molecule has 0 radical (unpaired) electrons. The van der Waals surface area contributed by atoms with Crippen LogP contribution in [0, 0.1) is 0 Å². The lowest BCUT2D eigenvalue weighted by atomic mass is 10.2. The van der Waals surface area contributed by atoms with Crippen LogP contribution in [-0.4, -0.2) is 10.4 Å². The summed E-state index contributed by atoms with van der Waals surface area (Å²) in [5.74, 6) is 0. The molecule has 0 saturated carbocycles. The van der Waals surface area contributed by atoms with Crippen molar-refractivity contribution < 1.29 is 0 Å². The summed E-state index contributed by atoms with van der Waals surface area (Å²) in [5.41, 5.74) is 1.10. The van der Waals surface area contributed by atoms with Crippen LogP contribution in [0.15, 0.2) is 18.3 Å². The first kappa shape index (κ1) is 7.63. The molecule has 0 bridgehead atoms. The minimum Gasteiger partial charge on any atom is -0.244 e. The Kier molecular flexibility index (Phi) is 2.78. The molecule has 0 aliphatic rings. The lowest BCUT2D eigenvalue weighted by Crippen LogP contribution is -1.84. The average molecular weight is 172 g/mol. The molecular formula is C7H6ClNS. The van der Waals surface area contributed by atoms with Crippen LogP contribution in [0.4, 0.5) is 0 Å². The number of pyridine rings is 1. The van der Waals surface area contributed by atoms with Crippen molar-refractivity contribution >= 4 is 29.2 Å². The molecule has 0 aliphatic carbocycles. The van der Waals surface area contributed by atoms with Crippen LogP contribution in [0.1, 0.15) is 5.56 Å². The zero-order chi connectivity index (χ0) is 7.40. The highest BCUT2D eigenvalue weighted by atomic mass is 35.5. The molecule has 1 rings (SSSR count). The van der Waals surface area contributed by atoms with Crippen LogP contribution < -0.4 is 0 Å². The van der Waals surface area contributed by atoms with Gasteiger partial charge in [-0.05, 0) is 17.0 Å². The number of rotatable bonds is 2. The minimum absolute atomic E-state index is 0.521. The van der Waals surface area contributed by atoms with Crippen LogP contribution in [0.2, 0.25) is 5.15 Å². The molecule has 1 nitrogen and oxygen atoms in total. The van der Waals surface area contributed by atoms with Gasteiger partial charge >= 0.3 is 0 Å². The summed E-state index contributed by atoms with van der Waals surface area (Å²) < 4.78 is 0. The molecule has 52 valence electrons. The highest BCUT2D eigenvalue weighted by molar-refractivity contribution is 7.78. The van der Waals surface area contributed by atoms with Crippen molar-refractivity contribution in [1.82, 2.24) is 4.98 Å². The first-order chi connectivity index (χ1) is 4.83. The Balaban J connectivity index is 2.78. The van der Waals surface area contributed by atoms with Gasteiger partial charge in [0.05, 0.1) is 0 Å². The van der Waals surface area contributed by atoms with E-state index in [1.807, 2.05) is 6.07 Å². The smallest absolute Gasteiger partial charge is 0.129 e. The van der Waals surface area contributed by atoms with Crippen LogP contribution in [0.25, 0.3) is 0 Å². The summed E-state index contributed by atoms with van der Waals surface area (Å²) in [6, 6.07) is 3.67. The molecule has 1 aromatic heterocycles. The van der Waals surface area contributed by atoms with Crippen molar-refractivity contribution in [2.24, 2.45) is 0 Å². The van der Waals surface area contributed by atoms with E-state index < -0.39 is 0 Å². The Labute approximate surface area is 70.0 Å². The van der Waals surface area contributed by atoms with Gasteiger partial charge in [0.2, 0.25) is 0 Å². The first-order valence-corrected chi connectivity index (χ1v) is 3.72. The number of halogens is 1. The molecule has 1 aromatic rings. The normalized spacial score (nSPS) is 9.30. The van der Waals surface area contributed by atoms with E-state index in [-0.39, 0.29) is 0 Å². The molecule has 0 amide bonds. The highest BCUT2D eigenvalue weighted by Crippen LogP contribution is 2.04. The van der Waals surface area contributed by atoms with Gasteiger partial charge in [-0.2, -0.15) is 0 Å². The van der Waals surface area contributed by atoms with Gasteiger partial charge in [-0.1, -0.05) is 29.9 Å². The van der Waals surface area contributed by atoms with Gasteiger partial charge in [0.25, 0.3) is 0 Å². The third-order valence-electron chi connectivity index (χ3n) is 1.11. The Bertz CT molecular complexity index is 220. The Hall–Kier alpha value is -0.470. The first-order valence-electron chi connectivity index (χ1n) is 2.87. The van der Waals surface area contributed by atoms with Gasteiger partial charge in [0.1, 0.15) is 5.15 Å². The molecular weight excluding hydrogens is 166 g/mol. The quantitative estimate of drug-likeness (QED) is 0.500. The molecule has 0 spiro atoms. The second kappa shape index (κ2) is 3.64. The van der Waals surface area contributed by atoms with E-state index in [1.54, 1.807) is 17.6 Å². The topological polar surface area (TPSA) is 12.9 Å².